The molecule has 1 N–H and O–H groups in total. The third kappa shape index (κ3) is 3.20. The van der Waals surface area contributed by atoms with Crippen molar-refractivity contribution in [2.75, 3.05) is 12.8 Å². The highest BCUT2D eigenvalue weighted by Crippen LogP contribution is 2.33. The second-order valence-corrected chi connectivity index (χ2v) is 8.93. The van der Waals surface area contributed by atoms with Gasteiger partial charge in [0.2, 0.25) is 0 Å². The zero-order chi connectivity index (χ0) is 19.7. The molecule has 0 spiro atoms. The summed E-state index contributed by atoms with van der Waals surface area (Å²) in [5.74, 6) is 5.72. The minimum atomic E-state index is -3.89. The van der Waals surface area contributed by atoms with Gasteiger partial charge in [0.15, 0.2) is 6.23 Å². The third-order valence-electron chi connectivity index (χ3n) is 4.56. The summed E-state index contributed by atoms with van der Waals surface area (Å²) in [4.78, 5) is 2.80. The summed E-state index contributed by atoms with van der Waals surface area (Å²) in [5, 5.41) is 11.7. The molecule has 1 atom stereocenters. The standard InChI is InChI=1S/C21H18N2O3S2/c1-27-17-10-11-19-16(14-17)15-20(21(24)22-12-6-3-7-13-22)23(19)28(25,26)18-8-4-2-5-9-18/h2,4-6,8-12,14-15,21,24H,13H2,1H3. The maximum atomic E-state index is 13.5. The highest BCUT2D eigenvalue weighted by molar-refractivity contribution is 7.98. The molecule has 7 heteroatoms. The van der Waals surface area contributed by atoms with Crippen LogP contribution in [-0.4, -0.2) is 35.2 Å². The van der Waals surface area contributed by atoms with E-state index in [9.17, 15) is 13.5 Å². The number of aromatic nitrogens is 1. The molecule has 5 nitrogen and oxygen atoms in total. The van der Waals surface area contributed by atoms with Gasteiger partial charge in [0.1, 0.15) is 0 Å². The molecule has 0 aliphatic carbocycles. The van der Waals surface area contributed by atoms with Crippen molar-refractivity contribution in [2.45, 2.75) is 16.0 Å². The Kier molecular flexibility index (Phi) is 4.94. The highest BCUT2D eigenvalue weighted by atomic mass is 32.2. The Morgan fingerprint density at radius 2 is 1.93 bits per heavy atom. The fourth-order valence-corrected chi connectivity index (χ4v) is 5.19. The van der Waals surface area contributed by atoms with Crippen LogP contribution in [0.3, 0.4) is 0 Å². The molecule has 2 aromatic carbocycles. The van der Waals surface area contributed by atoms with Crippen molar-refractivity contribution < 1.29 is 13.5 Å². The van der Waals surface area contributed by atoms with Crippen molar-refractivity contribution in [1.29, 1.82) is 0 Å². The zero-order valence-electron chi connectivity index (χ0n) is 15.1. The predicted molar refractivity (Wildman–Crippen MR) is 111 cm³/mol. The van der Waals surface area contributed by atoms with E-state index >= 15 is 0 Å². The Labute approximate surface area is 168 Å². The van der Waals surface area contributed by atoms with Gasteiger partial charge in [-0.05, 0) is 42.7 Å². The Morgan fingerprint density at radius 1 is 1.14 bits per heavy atom. The zero-order valence-corrected chi connectivity index (χ0v) is 16.7. The van der Waals surface area contributed by atoms with Crippen LogP contribution in [-0.2, 0) is 10.0 Å². The molecule has 1 aliphatic heterocycles. The number of hydrogen-bond donors (Lipinski definition) is 1. The number of rotatable bonds is 5. The van der Waals surface area contributed by atoms with Gasteiger partial charge in [-0.25, -0.2) is 12.4 Å². The topological polar surface area (TPSA) is 62.5 Å². The number of allylic oxidation sites excluding steroid dienone is 1. The first-order valence-electron chi connectivity index (χ1n) is 8.61. The molecule has 0 saturated heterocycles. The van der Waals surface area contributed by atoms with E-state index in [1.807, 2.05) is 18.4 Å². The van der Waals surface area contributed by atoms with Gasteiger partial charge in [-0.3, -0.25) is 0 Å². The smallest absolute Gasteiger partial charge is 0.268 e. The predicted octanol–water partition coefficient (Wildman–Crippen LogP) is 3.42. The average molecular weight is 411 g/mol. The maximum Gasteiger partial charge on any atom is 0.268 e. The van der Waals surface area contributed by atoms with E-state index < -0.39 is 16.3 Å². The number of thioether (sulfide) groups is 1. The van der Waals surface area contributed by atoms with Crippen molar-refractivity contribution in [3.63, 3.8) is 0 Å². The van der Waals surface area contributed by atoms with Gasteiger partial charge in [-0.15, -0.1) is 11.8 Å². The van der Waals surface area contributed by atoms with E-state index in [-0.39, 0.29) is 10.6 Å². The largest absolute Gasteiger partial charge is 0.368 e. The second kappa shape index (κ2) is 7.40. The van der Waals surface area contributed by atoms with Crippen LogP contribution in [0.2, 0.25) is 0 Å². The van der Waals surface area contributed by atoms with Gasteiger partial charge in [0.05, 0.1) is 22.7 Å². The molecule has 0 amide bonds. The molecule has 1 unspecified atom stereocenters. The summed E-state index contributed by atoms with van der Waals surface area (Å²) in [5.41, 5.74) is 0.813. The van der Waals surface area contributed by atoms with E-state index in [1.165, 1.54) is 3.97 Å². The van der Waals surface area contributed by atoms with Crippen LogP contribution in [0.4, 0.5) is 0 Å². The average Bonchev–Trinajstić information content (AvgIpc) is 3.13. The van der Waals surface area contributed by atoms with E-state index in [1.54, 1.807) is 71.4 Å². The van der Waals surface area contributed by atoms with E-state index in [2.05, 4.69) is 11.8 Å². The fourth-order valence-electron chi connectivity index (χ4n) is 3.18. The summed E-state index contributed by atoms with van der Waals surface area (Å²) in [6.07, 6.45) is 4.13. The number of nitrogens with zero attached hydrogens (tertiary/aromatic N) is 2. The summed E-state index contributed by atoms with van der Waals surface area (Å²) in [6, 6.07) is 15.6. The van der Waals surface area contributed by atoms with Crippen molar-refractivity contribution in [3.05, 3.63) is 72.6 Å². The van der Waals surface area contributed by atoms with Gasteiger partial charge in [0, 0.05) is 22.6 Å². The first-order chi connectivity index (χ1) is 13.5. The van der Waals surface area contributed by atoms with Crippen molar-refractivity contribution >= 4 is 32.7 Å². The van der Waals surface area contributed by atoms with Crippen LogP contribution in [0, 0.1) is 11.8 Å². The highest BCUT2D eigenvalue weighted by Gasteiger charge is 2.28. The molecule has 2 heterocycles. The summed E-state index contributed by atoms with van der Waals surface area (Å²) in [7, 11) is -3.89. The molecular formula is C21H18N2O3S2. The number of aliphatic hydroxyl groups excluding tert-OH is 1. The lowest BCUT2D eigenvalue weighted by molar-refractivity contribution is 0.0410. The fraction of sp³-hybridized carbons (Fsp3) is 0.143. The number of aliphatic hydroxyl groups is 1. The number of hydrogen-bond acceptors (Lipinski definition) is 5. The lowest BCUT2D eigenvalue weighted by Crippen LogP contribution is -2.28. The second-order valence-electron chi connectivity index (χ2n) is 6.26. The first kappa shape index (κ1) is 18.7. The van der Waals surface area contributed by atoms with Gasteiger partial charge >= 0.3 is 0 Å². The summed E-state index contributed by atoms with van der Waals surface area (Å²) in [6.45, 7) is 0.320. The quantitative estimate of drug-likeness (QED) is 0.516. The Hall–Kier alpha value is -2.66. The van der Waals surface area contributed by atoms with Gasteiger partial charge in [-0.2, -0.15) is 0 Å². The molecule has 3 aromatic rings. The van der Waals surface area contributed by atoms with Crippen molar-refractivity contribution in [3.8, 4) is 11.8 Å². The first-order valence-corrected chi connectivity index (χ1v) is 11.3. The molecule has 1 aromatic heterocycles. The van der Waals surface area contributed by atoms with E-state index in [4.69, 9.17) is 0 Å². The molecule has 0 saturated carbocycles. The SMILES string of the molecule is CSc1ccc2c(c1)cc(C(O)N1C=CC#CC1)n2S(=O)(=O)c1ccccc1. The van der Waals surface area contributed by atoms with Crippen LogP contribution in [0.25, 0.3) is 10.9 Å². The normalized spacial score (nSPS) is 14.7. The van der Waals surface area contributed by atoms with E-state index in [0.717, 1.165) is 10.3 Å². The summed E-state index contributed by atoms with van der Waals surface area (Å²) >= 11 is 1.58. The van der Waals surface area contributed by atoms with Crippen LogP contribution in [0.15, 0.2) is 76.7 Å². The molecular weight excluding hydrogens is 392 g/mol. The molecule has 28 heavy (non-hydrogen) atoms. The van der Waals surface area contributed by atoms with Crippen LogP contribution < -0.4 is 0 Å². The lowest BCUT2D eigenvalue weighted by Gasteiger charge is -2.26. The van der Waals surface area contributed by atoms with Gasteiger partial charge < -0.3 is 10.0 Å². The molecule has 142 valence electrons. The Balaban J connectivity index is 1.95. The molecule has 0 fully saturated rings. The Morgan fingerprint density at radius 3 is 2.61 bits per heavy atom. The van der Waals surface area contributed by atoms with Crippen LogP contribution in [0.5, 0.6) is 0 Å². The number of fused-ring (bicyclic) bond motifs is 1. The van der Waals surface area contributed by atoms with Crippen molar-refractivity contribution in [2.24, 2.45) is 0 Å². The van der Waals surface area contributed by atoms with Crippen LogP contribution >= 0.6 is 11.8 Å². The van der Waals surface area contributed by atoms with Gasteiger partial charge in [-0.1, -0.05) is 30.0 Å². The maximum absolute atomic E-state index is 13.5. The third-order valence-corrected chi connectivity index (χ3v) is 7.05. The molecule has 0 radical (unpaired) electrons. The van der Waals surface area contributed by atoms with Crippen LogP contribution in [0.1, 0.15) is 11.9 Å². The van der Waals surface area contributed by atoms with E-state index in [0.29, 0.717) is 12.1 Å². The lowest BCUT2D eigenvalue weighted by atomic mass is 10.2. The Bertz CT molecular complexity index is 1220. The number of benzene rings is 2. The minimum Gasteiger partial charge on any atom is -0.368 e. The van der Waals surface area contributed by atoms with Crippen molar-refractivity contribution in [1.82, 2.24) is 8.87 Å². The minimum absolute atomic E-state index is 0.170. The van der Waals surface area contributed by atoms with Gasteiger partial charge in [0.25, 0.3) is 10.0 Å². The molecule has 1 aliphatic rings. The summed E-state index contributed by atoms with van der Waals surface area (Å²) < 4.78 is 28.1. The molecule has 4 rings (SSSR count). The monoisotopic (exact) mass is 410 g/mol. The molecule has 0 bridgehead atoms.